The van der Waals surface area contributed by atoms with Crippen LogP contribution < -0.4 is 5.32 Å². The Morgan fingerprint density at radius 3 is 2.37 bits per heavy atom. The molecule has 1 aliphatic heterocycles. The molecule has 1 fully saturated rings. The van der Waals surface area contributed by atoms with E-state index in [9.17, 15) is 24.6 Å². The number of carbonyl (C=O) groups is 3. The van der Waals surface area contributed by atoms with E-state index in [1.54, 1.807) is 11.8 Å². The minimum atomic E-state index is -0.895. The first kappa shape index (κ1) is 21.2. The lowest BCUT2D eigenvalue weighted by Crippen LogP contribution is -2.43. The fourth-order valence-corrected chi connectivity index (χ4v) is 3.30. The van der Waals surface area contributed by atoms with Crippen LogP contribution in [-0.4, -0.2) is 52.6 Å². The summed E-state index contributed by atoms with van der Waals surface area (Å²) in [6.45, 7) is 1.88. The Morgan fingerprint density at radius 1 is 1.03 bits per heavy atom. The summed E-state index contributed by atoms with van der Waals surface area (Å²) in [6.07, 6.45) is 1.04. The van der Waals surface area contributed by atoms with Crippen molar-refractivity contribution in [2.24, 2.45) is 5.92 Å². The molecule has 30 heavy (non-hydrogen) atoms. The van der Waals surface area contributed by atoms with Crippen LogP contribution in [0.4, 0.5) is 5.69 Å². The van der Waals surface area contributed by atoms with Gasteiger partial charge in [-0.25, -0.2) is 4.79 Å². The predicted molar refractivity (Wildman–Crippen MR) is 109 cm³/mol. The highest BCUT2D eigenvalue weighted by atomic mass is 16.5. The monoisotopic (exact) mass is 412 g/mol. The number of esters is 1. The SMILES string of the molecule is Cc1ccc(C(=O)OCC(=O)N2CCC(C(=O)Nc3ccccc3)CC2)c(O)c1O. The third kappa shape index (κ3) is 4.89. The highest BCUT2D eigenvalue weighted by molar-refractivity contribution is 5.95. The van der Waals surface area contributed by atoms with Crippen molar-refractivity contribution in [2.45, 2.75) is 19.8 Å². The number of ether oxygens (including phenoxy) is 1. The van der Waals surface area contributed by atoms with Gasteiger partial charge in [0.2, 0.25) is 5.91 Å². The number of nitrogens with one attached hydrogen (secondary N) is 1. The molecule has 0 radical (unpaired) electrons. The van der Waals surface area contributed by atoms with Crippen molar-refractivity contribution < 1.29 is 29.3 Å². The average Bonchev–Trinajstić information content (AvgIpc) is 2.76. The Morgan fingerprint density at radius 2 is 1.70 bits per heavy atom. The Labute approximate surface area is 174 Å². The molecule has 2 aromatic rings. The highest BCUT2D eigenvalue weighted by Crippen LogP contribution is 2.32. The fraction of sp³-hybridized carbons (Fsp3) is 0.318. The van der Waals surface area contributed by atoms with E-state index in [0.29, 0.717) is 31.5 Å². The van der Waals surface area contributed by atoms with Crippen molar-refractivity contribution in [3.8, 4) is 11.5 Å². The van der Waals surface area contributed by atoms with Gasteiger partial charge < -0.3 is 25.2 Å². The largest absolute Gasteiger partial charge is 0.504 e. The van der Waals surface area contributed by atoms with Crippen molar-refractivity contribution >= 4 is 23.5 Å². The number of amides is 2. The van der Waals surface area contributed by atoms with Crippen LogP contribution in [0.25, 0.3) is 0 Å². The molecule has 0 unspecified atom stereocenters. The Bertz CT molecular complexity index is 936. The molecule has 0 saturated carbocycles. The maximum atomic E-state index is 12.4. The second kappa shape index (κ2) is 9.30. The third-order valence-corrected chi connectivity index (χ3v) is 5.16. The summed E-state index contributed by atoms with van der Waals surface area (Å²) in [5.74, 6) is -2.50. The number of carbonyl (C=O) groups excluding carboxylic acids is 3. The first-order valence-electron chi connectivity index (χ1n) is 9.69. The Kier molecular flexibility index (Phi) is 6.56. The van der Waals surface area contributed by atoms with Crippen LogP contribution in [0, 0.1) is 12.8 Å². The van der Waals surface area contributed by atoms with Gasteiger partial charge in [0.05, 0.1) is 0 Å². The van der Waals surface area contributed by atoms with Gasteiger partial charge in [0, 0.05) is 24.7 Å². The standard InChI is InChI=1S/C22H24N2O6/c1-14-7-8-17(20(27)19(14)26)22(29)30-13-18(25)24-11-9-15(10-12-24)21(28)23-16-5-3-2-4-6-16/h2-8,15,26-27H,9-13H2,1H3,(H,23,28). The maximum Gasteiger partial charge on any atom is 0.342 e. The van der Waals surface area contributed by atoms with Crippen LogP contribution in [0.1, 0.15) is 28.8 Å². The molecule has 0 atom stereocenters. The van der Waals surface area contributed by atoms with Crippen molar-refractivity contribution in [3.63, 3.8) is 0 Å². The van der Waals surface area contributed by atoms with Crippen molar-refractivity contribution in [1.82, 2.24) is 4.90 Å². The number of phenols is 2. The number of hydrogen-bond donors (Lipinski definition) is 3. The second-order valence-corrected chi connectivity index (χ2v) is 7.21. The summed E-state index contributed by atoms with van der Waals surface area (Å²) < 4.78 is 4.99. The summed E-state index contributed by atoms with van der Waals surface area (Å²) in [5.41, 5.74) is 0.944. The molecule has 0 spiro atoms. The van der Waals surface area contributed by atoms with Crippen LogP contribution in [0.3, 0.4) is 0 Å². The molecule has 158 valence electrons. The van der Waals surface area contributed by atoms with Gasteiger partial charge in [0.15, 0.2) is 18.1 Å². The number of anilines is 1. The number of hydrogen-bond acceptors (Lipinski definition) is 6. The molecule has 2 aromatic carbocycles. The first-order valence-corrected chi connectivity index (χ1v) is 9.69. The van der Waals surface area contributed by atoms with Crippen molar-refractivity contribution in [1.29, 1.82) is 0 Å². The number of nitrogens with zero attached hydrogens (tertiary/aromatic N) is 1. The van der Waals surface area contributed by atoms with Crippen LogP contribution >= 0.6 is 0 Å². The van der Waals surface area contributed by atoms with Gasteiger partial charge in [-0.15, -0.1) is 0 Å². The quantitative estimate of drug-likeness (QED) is 0.513. The van der Waals surface area contributed by atoms with Crippen LogP contribution in [0.5, 0.6) is 11.5 Å². The lowest BCUT2D eigenvalue weighted by molar-refractivity contribution is -0.137. The Hall–Kier alpha value is -3.55. The number of piperidine rings is 1. The zero-order valence-corrected chi connectivity index (χ0v) is 16.6. The molecule has 1 heterocycles. The molecule has 0 aromatic heterocycles. The summed E-state index contributed by atoms with van der Waals surface area (Å²) in [7, 11) is 0. The number of para-hydroxylation sites is 1. The molecule has 0 aliphatic carbocycles. The first-order chi connectivity index (χ1) is 14.4. The number of rotatable bonds is 5. The van der Waals surface area contributed by atoms with E-state index < -0.39 is 24.1 Å². The van der Waals surface area contributed by atoms with Crippen molar-refractivity contribution in [2.75, 3.05) is 25.0 Å². The molecule has 2 amide bonds. The van der Waals surface area contributed by atoms with Gasteiger partial charge in [-0.05, 0) is 43.5 Å². The topological polar surface area (TPSA) is 116 Å². The van der Waals surface area contributed by atoms with E-state index in [1.807, 2.05) is 30.3 Å². The van der Waals surface area contributed by atoms with Crippen molar-refractivity contribution in [3.05, 3.63) is 53.6 Å². The maximum absolute atomic E-state index is 12.4. The molecule has 1 saturated heterocycles. The molecule has 8 nitrogen and oxygen atoms in total. The van der Waals surface area contributed by atoms with Gasteiger partial charge in [-0.3, -0.25) is 9.59 Å². The zero-order valence-electron chi connectivity index (χ0n) is 16.6. The number of aryl methyl sites for hydroxylation is 1. The lowest BCUT2D eigenvalue weighted by Gasteiger charge is -2.31. The van der Waals surface area contributed by atoms with E-state index >= 15 is 0 Å². The normalized spacial score (nSPS) is 14.2. The molecule has 0 bridgehead atoms. The predicted octanol–water partition coefficient (Wildman–Crippen LogP) is 2.44. The number of benzene rings is 2. The molecule has 3 rings (SSSR count). The van der Waals surface area contributed by atoms with Gasteiger partial charge >= 0.3 is 5.97 Å². The minimum absolute atomic E-state index is 0.0746. The van der Waals surface area contributed by atoms with E-state index in [4.69, 9.17) is 4.74 Å². The molecular weight excluding hydrogens is 388 g/mol. The van der Waals surface area contributed by atoms with E-state index in [1.165, 1.54) is 12.1 Å². The van der Waals surface area contributed by atoms with Gasteiger partial charge in [-0.1, -0.05) is 24.3 Å². The van der Waals surface area contributed by atoms with Crippen LogP contribution in [-0.2, 0) is 14.3 Å². The van der Waals surface area contributed by atoms with E-state index in [0.717, 1.165) is 5.69 Å². The number of aromatic hydroxyl groups is 2. The lowest BCUT2D eigenvalue weighted by atomic mass is 9.95. The summed E-state index contributed by atoms with van der Waals surface area (Å²) in [6, 6.07) is 12.0. The average molecular weight is 412 g/mol. The molecule has 8 heteroatoms. The minimum Gasteiger partial charge on any atom is -0.504 e. The smallest absolute Gasteiger partial charge is 0.342 e. The van der Waals surface area contributed by atoms with Crippen LogP contribution in [0.15, 0.2) is 42.5 Å². The van der Waals surface area contributed by atoms with E-state index in [-0.39, 0.29) is 23.3 Å². The fourth-order valence-electron chi connectivity index (χ4n) is 3.30. The molecule has 3 N–H and O–H groups in total. The highest BCUT2D eigenvalue weighted by Gasteiger charge is 2.28. The summed E-state index contributed by atoms with van der Waals surface area (Å²) >= 11 is 0. The number of likely N-dealkylation sites (tertiary alicyclic amines) is 1. The van der Waals surface area contributed by atoms with Gasteiger partial charge in [0.1, 0.15) is 5.56 Å². The second-order valence-electron chi connectivity index (χ2n) is 7.21. The van der Waals surface area contributed by atoms with Gasteiger partial charge in [0.25, 0.3) is 5.91 Å². The Balaban J connectivity index is 1.47. The summed E-state index contributed by atoms with van der Waals surface area (Å²) in [4.78, 5) is 38.4. The molecule has 1 aliphatic rings. The third-order valence-electron chi connectivity index (χ3n) is 5.16. The molecular formula is C22H24N2O6. The van der Waals surface area contributed by atoms with Crippen LogP contribution in [0.2, 0.25) is 0 Å². The van der Waals surface area contributed by atoms with Gasteiger partial charge in [-0.2, -0.15) is 0 Å². The summed E-state index contributed by atoms with van der Waals surface area (Å²) in [5, 5.41) is 22.5. The van der Waals surface area contributed by atoms with E-state index in [2.05, 4.69) is 5.32 Å². The number of phenolic OH excluding ortho intramolecular Hbond substituents is 2. The zero-order chi connectivity index (χ0) is 21.7.